The van der Waals surface area contributed by atoms with Gasteiger partial charge in [0.2, 0.25) is 5.91 Å². The molecule has 1 amide bonds. The Hall–Kier alpha value is -3.93. The molecule has 6 nitrogen and oxygen atoms in total. The molecule has 0 spiro atoms. The Morgan fingerprint density at radius 2 is 1.73 bits per heavy atom. The van der Waals surface area contributed by atoms with Crippen molar-refractivity contribution in [3.63, 3.8) is 0 Å². The van der Waals surface area contributed by atoms with Crippen molar-refractivity contribution in [2.75, 3.05) is 7.11 Å². The number of aromatic nitrogens is 2. The van der Waals surface area contributed by atoms with Crippen LogP contribution in [0.1, 0.15) is 61.5 Å². The van der Waals surface area contributed by atoms with E-state index in [4.69, 9.17) is 9.72 Å². The Labute approximate surface area is 217 Å². The van der Waals surface area contributed by atoms with E-state index in [1.165, 1.54) is 19.3 Å². The van der Waals surface area contributed by atoms with Gasteiger partial charge in [-0.05, 0) is 61.6 Å². The van der Waals surface area contributed by atoms with Gasteiger partial charge < -0.3 is 14.5 Å². The number of hydrogen-bond donors (Lipinski definition) is 1. The standard InChI is InChI=1S/C31H33N3O3/c1-21(35)22-11-13-23(14-12-22)25-15-17-29-33-31(24-7-6-10-27(19-24)37-2)28(34(29)20-25)16-18-30(36)32-26-8-4-3-5-9-26/h6-7,10-15,17,19-20,26H,3-5,8-9,16,18H2,1-2H3,(H,32,36). The van der Waals surface area contributed by atoms with Crippen LogP contribution in [-0.4, -0.2) is 34.2 Å². The highest BCUT2D eigenvalue weighted by Gasteiger charge is 2.19. The van der Waals surface area contributed by atoms with Crippen LogP contribution < -0.4 is 10.1 Å². The minimum Gasteiger partial charge on any atom is -0.497 e. The number of Topliss-reactive ketones (excluding diaryl/α,β-unsaturated/α-hetero) is 1. The van der Waals surface area contributed by atoms with Crippen molar-refractivity contribution in [2.45, 2.75) is 57.9 Å². The molecule has 0 radical (unpaired) electrons. The molecule has 1 aliphatic rings. The number of benzene rings is 2. The van der Waals surface area contributed by atoms with Crippen LogP contribution in [0.25, 0.3) is 28.0 Å². The predicted octanol–water partition coefficient (Wildman–Crippen LogP) is 6.26. The van der Waals surface area contributed by atoms with Gasteiger partial charge in [0.15, 0.2) is 5.78 Å². The van der Waals surface area contributed by atoms with E-state index in [2.05, 4.69) is 15.9 Å². The fraction of sp³-hybridized carbons (Fsp3) is 0.323. The molecule has 5 rings (SSSR count). The summed E-state index contributed by atoms with van der Waals surface area (Å²) in [4.78, 5) is 29.5. The van der Waals surface area contributed by atoms with Crippen LogP contribution in [0.15, 0.2) is 66.9 Å². The zero-order chi connectivity index (χ0) is 25.8. The number of nitrogens with one attached hydrogen (secondary N) is 1. The average molecular weight is 496 g/mol. The summed E-state index contributed by atoms with van der Waals surface area (Å²) < 4.78 is 7.55. The normalized spacial score (nSPS) is 14.0. The number of pyridine rings is 1. The monoisotopic (exact) mass is 495 g/mol. The number of nitrogens with zero attached hydrogens (tertiary/aromatic N) is 2. The molecule has 1 N–H and O–H groups in total. The number of fused-ring (bicyclic) bond motifs is 1. The van der Waals surface area contributed by atoms with Crippen LogP contribution in [0.5, 0.6) is 5.75 Å². The Morgan fingerprint density at radius 3 is 2.46 bits per heavy atom. The van der Waals surface area contributed by atoms with E-state index in [1.807, 2.05) is 60.7 Å². The van der Waals surface area contributed by atoms with Crippen LogP contribution >= 0.6 is 0 Å². The molecular weight excluding hydrogens is 462 g/mol. The highest BCUT2D eigenvalue weighted by Crippen LogP contribution is 2.30. The maximum absolute atomic E-state index is 12.9. The SMILES string of the molecule is COc1cccc(-c2nc3ccc(-c4ccc(C(C)=O)cc4)cn3c2CCC(=O)NC2CCCCC2)c1. The first-order valence-corrected chi connectivity index (χ1v) is 13.1. The molecule has 0 atom stereocenters. The molecule has 6 heteroatoms. The van der Waals surface area contributed by atoms with Gasteiger partial charge in [-0.2, -0.15) is 0 Å². The van der Waals surface area contributed by atoms with E-state index < -0.39 is 0 Å². The fourth-order valence-corrected chi connectivity index (χ4v) is 5.18. The van der Waals surface area contributed by atoms with Gasteiger partial charge in [0.05, 0.1) is 18.5 Å². The maximum atomic E-state index is 12.9. The molecule has 2 aromatic heterocycles. The summed E-state index contributed by atoms with van der Waals surface area (Å²) in [5.74, 6) is 0.907. The molecule has 2 heterocycles. The number of amides is 1. The van der Waals surface area contributed by atoms with Gasteiger partial charge in [-0.1, -0.05) is 55.7 Å². The largest absolute Gasteiger partial charge is 0.497 e. The first-order valence-electron chi connectivity index (χ1n) is 13.1. The lowest BCUT2D eigenvalue weighted by Crippen LogP contribution is -2.36. The van der Waals surface area contributed by atoms with Crippen molar-refractivity contribution in [2.24, 2.45) is 0 Å². The Morgan fingerprint density at radius 1 is 0.973 bits per heavy atom. The summed E-state index contributed by atoms with van der Waals surface area (Å²) in [5, 5.41) is 3.24. The minimum absolute atomic E-state index is 0.0494. The number of ketones is 1. The van der Waals surface area contributed by atoms with Gasteiger partial charge >= 0.3 is 0 Å². The van der Waals surface area contributed by atoms with Crippen molar-refractivity contribution in [1.82, 2.24) is 14.7 Å². The van der Waals surface area contributed by atoms with Crippen LogP contribution in [0.2, 0.25) is 0 Å². The van der Waals surface area contributed by atoms with Crippen molar-refractivity contribution in [3.8, 4) is 28.1 Å². The van der Waals surface area contributed by atoms with Gasteiger partial charge in [0.25, 0.3) is 0 Å². The lowest BCUT2D eigenvalue weighted by molar-refractivity contribution is -0.122. The van der Waals surface area contributed by atoms with Crippen LogP contribution in [-0.2, 0) is 11.2 Å². The summed E-state index contributed by atoms with van der Waals surface area (Å²) in [6, 6.07) is 19.9. The number of carbonyl (C=O) groups is 2. The molecule has 2 aromatic carbocycles. The lowest BCUT2D eigenvalue weighted by Gasteiger charge is -2.22. The van der Waals surface area contributed by atoms with Gasteiger partial charge in [0.1, 0.15) is 11.4 Å². The topological polar surface area (TPSA) is 72.7 Å². The highest BCUT2D eigenvalue weighted by atomic mass is 16.5. The maximum Gasteiger partial charge on any atom is 0.220 e. The molecule has 0 unspecified atom stereocenters. The van der Waals surface area contributed by atoms with Crippen LogP contribution in [0.3, 0.4) is 0 Å². The van der Waals surface area contributed by atoms with Gasteiger partial charge in [0, 0.05) is 29.8 Å². The summed E-state index contributed by atoms with van der Waals surface area (Å²) in [6.07, 6.45) is 8.83. The van der Waals surface area contributed by atoms with E-state index in [1.54, 1.807) is 14.0 Å². The average Bonchev–Trinajstić information content (AvgIpc) is 3.30. The predicted molar refractivity (Wildman–Crippen MR) is 146 cm³/mol. The Balaban J connectivity index is 1.49. The highest BCUT2D eigenvalue weighted by molar-refractivity contribution is 5.94. The first kappa shape index (κ1) is 24.8. The number of methoxy groups -OCH3 is 1. The fourth-order valence-electron chi connectivity index (χ4n) is 5.18. The molecule has 0 saturated heterocycles. The molecule has 0 bridgehead atoms. The van der Waals surface area contributed by atoms with Gasteiger partial charge in [-0.15, -0.1) is 0 Å². The van der Waals surface area contributed by atoms with E-state index in [-0.39, 0.29) is 11.7 Å². The summed E-state index contributed by atoms with van der Waals surface area (Å²) >= 11 is 0. The number of carbonyl (C=O) groups excluding carboxylic acids is 2. The zero-order valence-electron chi connectivity index (χ0n) is 21.5. The molecule has 1 saturated carbocycles. The second-order valence-corrected chi connectivity index (χ2v) is 9.82. The van der Waals surface area contributed by atoms with E-state index in [0.717, 1.165) is 52.3 Å². The van der Waals surface area contributed by atoms with Crippen molar-refractivity contribution in [1.29, 1.82) is 0 Å². The molecular formula is C31H33N3O3. The zero-order valence-corrected chi connectivity index (χ0v) is 21.5. The third kappa shape index (κ3) is 5.58. The molecule has 37 heavy (non-hydrogen) atoms. The quantitative estimate of drug-likeness (QED) is 0.293. The number of rotatable bonds is 8. The summed E-state index contributed by atoms with van der Waals surface area (Å²) in [6.45, 7) is 1.57. The molecule has 190 valence electrons. The second-order valence-electron chi connectivity index (χ2n) is 9.82. The van der Waals surface area contributed by atoms with E-state index >= 15 is 0 Å². The first-order chi connectivity index (χ1) is 18.0. The van der Waals surface area contributed by atoms with Crippen molar-refractivity contribution < 1.29 is 14.3 Å². The third-order valence-corrected chi connectivity index (χ3v) is 7.24. The molecule has 4 aromatic rings. The van der Waals surface area contributed by atoms with Crippen LogP contribution in [0, 0.1) is 0 Å². The van der Waals surface area contributed by atoms with Gasteiger partial charge in [-0.25, -0.2) is 4.98 Å². The van der Waals surface area contributed by atoms with E-state index in [9.17, 15) is 9.59 Å². The third-order valence-electron chi connectivity index (χ3n) is 7.24. The Kier molecular flexibility index (Phi) is 7.35. The van der Waals surface area contributed by atoms with Gasteiger partial charge in [-0.3, -0.25) is 9.59 Å². The minimum atomic E-state index is 0.0494. The number of imidazole rings is 1. The number of aryl methyl sites for hydroxylation is 1. The number of hydrogen-bond acceptors (Lipinski definition) is 4. The lowest BCUT2D eigenvalue weighted by atomic mass is 9.95. The summed E-state index contributed by atoms with van der Waals surface area (Å²) in [7, 11) is 1.66. The van der Waals surface area contributed by atoms with Crippen molar-refractivity contribution in [3.05, 3.63) is 78.1 Å². The molecule has 1 fully saturated rings. The molecule has 1 aliphatic carbocycles. The smallest absolute Gasteiger partial charge is 0.220 e. The summed E-state index contributed by atoms with van der Waals surface area (Å²) in [5.41, 5.74) is 6.35. The van der Waals surface area contributed by atoms with Crippen molar-refractivity contribution >= 4 is 17.3 Å². The molecule has 0 aliphatic heterocycles. The second kappa shape index (κ2) is 11.0. The Bertz CT molecular complexity index is 1420. The van der Waals surface area contributed by atoms with Crippen LogP contribution in [0.4, 0.5) is 0 Å². The number of ether oxygens (including phenoxy) is 1. The van der Waals surface area contributed by atoms with E-state index in [0.29, 0.717) is 24.4 Å².